The van der Waals surface area contributed by atoms with Crippen LogP contribution in [0.2, 0.25) is 0 Å². The van der Waals surface area contributed by atoms with Gasteiger partial charge in [-0.25, -0.2) is 9.59 Å². The number of alkyl carbamates (subject to hydrolysis) is 2. The molecule has 0 unspecified atom stereocenters. The molecule has 8 heteroatoms. The molecule has 0 bridgehead atoms. The van der Waals surface area contributed by atoms with Crippen LogP contribution in [0.5, 0.6) is 0 Å². The molecule has 0 heterocycles. The van der Waals surface area contributed by atoms with Crippen LogP contribution in [0.3, 0.4) is 0 Å². The van der Waals surface area contributed by atoms with Gasteiger partial charge in [-0.05, 0) is 45.6 Å². The summed E-state index contributed by atoms with van der Waals surface area (Å²) in [5.74, 6) is -1.25. The van der Waals surface area contributed by atoms with E-state index in [-0.39, 0.29) is 13.0 Å². The van der Waals surface area contributed by atoms with Crippen LogP contribution in [0, 0.1) is 0 Å². The molecule has 0 aromatic heterocycles. The van der Waals surface area contributed by atoms with E-state index in [4.69, 9.17) is 9.47 Å². The zero-order valence-corrected chi connectivity index (χ0v) is 16.7. The van der Waals surface area contributed by atoms with Gasteiger partial charge in [0.1, 0.15) is 12.2 Å². The number of aliphatic carboxylic acids is 1. The molecule has 0 aliphatic carbocycles. The molecular formula is C20H29N2O6-. The number of ether oxygens (including phenoxy) is 2. The first-order valence-corrected chi connectivity index (χ1v) is 9.29. The standard InChI is InChI=1S/C20H30N2O6/c1-20(2,3)28-19(26)22-16(13-17(23)24)11-7-8-12-21-18(25)27-14-15-9-5-4-6-10-15/h4-6,9-10,16H,7-8,11-14H2,1-3H3,(H,21,25)(H,22,26)(H,23,24)/p-1/t16-/m0/s1. The van der Waals surface area contributed by atoms with Crippen molar-refractivity contribution in [1.82, 2.24) is 10.6 Å². The molecule has 2 amide bonds. The largest absolute Gasteiger partial charge is 0.550 e. The highest BCUT2D eigenvalue weighted by Crippen LogP contribution is 2.09. The normalized spacial score (nSPS) is 12.0. The first kappa shape index (κ1) is 23.3. The molecule has 28 heavy (non-hydrogen) atoms. The van der Waals surface area contributed by atoms with Crippen molar-refractivity contribution in [3.63, 3.8) is 0 Å². The maximum atomic E-state index is 11.8. The Bertz CT molecular complexity index is 627. The predicted octanol–water partition coefficient (Wildman–Crippen LogP) is 2.12. The van der Waals surface area contributed by atoms with Gasteiger partial charge in [0, 0.05) is 25.0 Å². The Balaban J connectivity index is 2.24. The lowest BCUT2D eigenvalue weighted by Crippen LogP contribution is -2.42. The van der Waals surface area contributed by atoms with E-state index in [0.29, 0.717) is 25.8 Å². The van der Waals surface area contributed by atoms with Crippen molar-refractivity contribution in [2.75, 3.05) is 6.54 Å². The molecule has 1 rings (SSSR count). The van der Waals surface area contributed by atoms with Crippen LogP contribution in [0.25, 0.3) is 0 Å². The molecule has 0 radical (unpaired) electrons. The number of hydrogen-bond acceptors (Lipinski definition) is 6. The molecule has 1 aromatic carbocycles. The number of carbonyl (C=O) groups is 3. The lowest BCUT2D eigenvalue weighted by Gasteiger charge is -2.24. The molecule has 0 saturated heterocycles. The van der Waals surface area contributed by atoms with Crippen molar-refractivity contribution < 1.29 is 29.0 Å². The second-order valence-corrected chi connectivity index (χ2v) is 7.40. The van der Waals surface area contributed by atoms with Crippen LogP contribution in [0.1, 0.15) is 52.0 Å². The van der Waals surface area contributed by atoms with E-state index in [0.717, 1.165) is 5.56 Å². The van der Waals surface area contributed by atoms with E-state index >= 15 is 0 Å². The summed E-state index contributed by atoms with van der Waals surface area (Å²) in [6.45, 7) is 5.76. The van der Waals surface area contributed by atoms with Crippen LogP contribution in [-0.4, -0.2) is 36.3 Å². The summed E-state index contributed by atoms with van der Waals surface area (Å²) in [5, 5.41) is 16.1. The van der Waals surface area contributed by atoms with Gasteiger partial charge in [0.2, 0.25) is 0 Å². The van der Waals surface area contributed by atoms with Crippen molar-refractivity contribution >= 4 is 18.2 Å². The summed E-state index contributed by atoms with van der Waals surface area (Å²) < 4.78 is 10.2. The van der Waals surface area contributed by atoms with E-state index in [1.807, 2.05) is 30.3 Å². The fourth-order valence-electron chi connectivity index (χ4n) is 2.38. The quantitative estimate of drug-likeness (QED) is 0.588. The van der Waals surface area contributed by atoms with Crippen LogP contribution < -0.4 is 15.7 Å². The Morgan fingerprint density at radius 1 is 1.07 bits per heavy atom. The summed E-state index contributed by atoms with van der Waals surface area (Å²) in [7, 11) is 0. The molecule has 0 saturated carbocycles. The average molecular weight is 393 g/mol. The molecule has 1 aromatic rings. The number of hydrogen-bond donors (Lipinski definition) is 2. The zero-order chi connectivity index (χ0) is 21.0. The monoisotopic (exact) mass is 393 g/mol. The van der Waals surface area contributed by atoms with Crippen molar-refractivity contribution in [3.8, 4) is 0 Å². The molecule has 156 valence electrons. The third-order valence-electron chi connectivity index (χ3n) is 3.60. The van der Waals surface area contributed by atoms with Gasteiger partial charge in [0.15, 0.2) is 0 Å². The van der Waals surface area contributed by atoms with Crippen LogP contribution in [0.15, 0.2) is 30.3 Å². The number of amides is 2. The number of unbranched alkanes of at least 4 members (excludes halogenated alkanes) is 1. The van der Waals surface area contributed by atoms with Crippen LogP contribution in [-0.2, 0) is 20.9 Å². The van der Waals surface area contributed by atoms with Gasteiger partial charge >= 0.3 is 12.2 Å². The number of carboxylic acid groups (broad SMARTS) is 1. The number of carboxylic acids is 1. The van der Waals surface area contributed by atoms with Crippen molar-refractivity contribution in [3.05, 3.63) is 35.9 Å². The minimum absolute atomic E-state index is 0.195. The molecule has 8 nitrogen and oxygen atoms in total. The van der Waals surface area contributed by atoms with E-state index in [1.54, 1.807) is 20.8 Å². The molecule has 0 aliphatic rings. The summed E-state index contributed by atoms with van der Waals surface area (Å²) >= 11 is 0. The van der Waals surface area contributed by atoms with Crippen molar-refractivity contribution in [2.24, 2.45) is 0 Å². The first-order valence-electron chi connectivity index (χ1n) is 9.29. The number of nitrogens with one attached hydrogen (secondary N) is 2. The average Bonchev–Trinajstić information content (AvgIpc) is 2.58. The summed E-state index contributed by atoms with van der Waals surface area (Å²) in [6.07, 6.45) is 0.162. The van der Waals surface area contributed by atoms with Gasteiger partial charge in [-0.3, -0.25) is 0 Å². The topological polar surface area (TPSA) is 117 Å². The van der Waals surface area contributed by atoms with E-state index in [1.165, 1.54) is 0 Å². The third kappa shape index (κ3) is 11.8. The predicted molar refractivity (Wildman–Crippen MR) is 101 cm³/mol. The van der Waals surface area contributed by atoms with Gasteiger partial charge in [0.25, 0.3) is 0 Å². The van der Waals surface area contributed by atoms with E-state index < -0.39 is 29.8 Å². The highest BCUT2D eigenvalue weighted by Gasteiger charge is 2.19. The lowest BCUT2D eigenvalue weighted by molar-refractivity contribution is -0.306. The van der Waals surface area contributed by atoms with Crippen molar-refractivity contribution in [1.29, 1.82) is 0 Å². The van der Waals surface area contributed by atoms with Gasteiger partial charge in [-0.2, -0.15) is 0 Å². The fourth-order valence-corrected chi connectivity index (χ4v) is 2.38. The lowest BCUT2D eigenvalue weighted by atomic mass is 10.1. The summed E-state index contributed by atoms with van der Waals surface area (Å²) in [5.41, 5.74) is 0.233. The zero-order valence-electron chi connectivity index (χ0n) is 16.7. The number of rotatable bonds is 10. The second kappa shape index (κ2) is 11.8. The number of benzene rings is 1. The van der Waals surface area contributed by atoms with Crippen LogP contribution in [0.4, 0.5) is 9.59 Å². The Morgan fingerprint density at radius 2 is 1.75 bits per heavy atom. The van der Waals surface area contributed by atoms with E-state index in [2.05, 4.69) is 10.6 Å². The summed E-state index contributed by atoms with van der Waals surface area (Å²) in [6, 6.07) is 8.75. The minimum atomic E-state index is -1.25. The molecule has 0 spiro atoms. The molecular weight excluding hydrogens is 364 g/mol. The highest BCUT2D eigenvalue weighted by atomic mass is 16.6. The first-order chi connectivity index (χ1) is 13.2. The minimum Gasteiger partial charge on any atom is -0.550 e. The van der Waals surface area contributed by atoms with Crippen LogP contribution >= 0.6 is 0 Å². The Kier molecular flexibility index (Phi) is 9.84. The SMILES string of the molecule is CC(C)(C)OC(=O)N[C@@H](CCCCNC(=O)OCc1ccccc1)CC(=O)[O-]. The highest BCUT2D eigenvalue weighted by molar-refractivity contribution is 5.70. The molecule has 1 atom stereocenters. The Hall–Kier alpha value is -2.77. The maximum absolute atomic E-state index is 11.8. The van der Waals surface area contributed by atoms with Gasteiger partial charge in [-0.15, -0.1) is 0 Å². The molecule has 0 aliphatic heterocycles. The maximum Gasteiger partial charge on any atom is 0.407 e. The third-order valence-corrected chi connectivity index (χ3v) is 3.60. The van der Waals surface area contributed by atoms with Gasteiger partial charge in [0.05, 0.1) is 0 Å². The van der Waals surface area contributed by atoms with E-state index in [9.17, 15) is 19.5 Å². The second-order valence-electron chi connectivity index (χ2n) is 7.40. The summed E-state index contributed by atoms with van der Waals surface area (Å²) in [4.78, 5) is 34.3. The number of carbonyl (C=O) groups excluding carboxylic acids is 3. The molecule has 0 fully saturated rings. The Labute approximate surface area is 165 Å². The van der Waals surface area contributed by atoms with Gasteiger partial charge in [-0.1, -0.05) is 30.3 Å². The smallest absolute Gasteiger partial charge is 0.407 e. The van der Waals surface area contributed by atoms with Gasteiger partial charge < -0.3 is 30.0 Å². The Morgan fingerprint density at radius 3 is 2.36 bits per heavy atom. The van der Waals surface area contributed by atoms with Crippen molar-refractivity contribution in [2.45, 2.75) is 64.7 Å². The molecule has 2 N–H and O–H groups in total. The fraction of sp³-hybridized carbons (Fsp3) is 0.550.